The molecule has 6 heteroatoms. The van der Waals surface area contributed by atoms with E-state index in [1.54, 1.807) is 11.8 Å². The van der Waals surface area contributed by atoms with E-state index in [0.717, 1.165) is 5.69 Å². The fourth-order valence-corrected chi connectivity index (χ4v) is 2.49. The molecule has 0 atom stereocenters. The number of ether oxygens (including phenoxy) is 1. The van der Waals surface area contributed by atoms with Crippen LogP contribution < -0.4 is 10.6 Å². The number of nitrogens with zero attached hydrogens (tertiary/aromatic N) is 2. The van der Waals surface area contributed by atoms with Crippen molar-refractivity contribution >= 4 is 29.1 Å². The maximum Gasteiger partial charge on any atom is 0.409 e. The third kappa shape index (κ3) is 3.04. The Morgan fingerprint density at radius 1 is 1.37 bits per heavy atom. The molecule has 1 saturated heterocycles. The molecule has 1 amide bonds. The summed E-state index contributed by atoms with van der Waals surface area (Å²) >= 11 is 6.18. The Labute approximate surface area is 117 Å². The number of carbonyl (C=O) groups is 1. The number of anilines is 2. The Bertz CT molecular complexity index is 439. The standard InChI is InChI=1S/C13H18ClN3O2/c1-2-19-13(18)17-8-6-16(7-9-17)12-10(14)4-3-5-11(12)15/h3-5H,2,6-9,15H2,1H3. The second-order valence-electron chi connectivity index (χ2n) is 4.35. The van der Waals surface area contributed by atoms with Gasteiger partial charge in [0.15, 0.2) is 0 Å². The van der Waals surface area contributed by atoms with Crippen LogP contribution in [0.2, 0.25) is 5.02 Å². The number of amides is 1. The van der Waals surface area contributed by atoms with E-state index >= 15 is 0 Å². The molecule has 1 aromatic carbocycles. The fraction of sp³-hybridized carbons (Fsp3) is 0.462. The minimum Gasteiger partial charge on any atom is -0.450 e. The van der Waals surface area contributed by atoms with Crippen molar-refractivity contribution in [3.63, 3.8) is 0 Å². The van der Waals surface area contributed by atoms with Gasteiger partial charge in [0.25, 0.3) is 0 Å². The number of hydrogen-bond donors (Lipinski definition) is 1. The summed E-state index contributed by atoms with van der Waals surface area (Å²) in [5.41, 5.74) is 7.48. The van der Waals surface area contributed by atoms with Crippen LogP contribution in [0, 0.1) is 0 Å². The van der Waals surface area contributed by atoms with Crippen LogP contribution in [0.3, 0.4) is 0 Å². The molecule has 0 aromatic heterocycles. The van der Waals surface area contributed by atoms with E-state index in [-0.39, 0.29) is 6.09 Å². The highest BCUT2D eigenvalue weighted by Crippen LogP contribution is 2.32. The predicted octanol–water partition coefficient (Wildman–Crippen LogP) is 2.20. The highest BCUT2D eigenvalue weighted by atomic mass is 35.5. The van der Waals surface area contributed by atoms with Crippen LogP contribution in [0.5, 0.6) is 0 Å². The first kappa shape index (κ1) is 13.8. The largest absolute Gasteiger partial charge is 0.450 e. The minimum atomic E-state index is -0.255. The van der Waals surface area contributed by atoms with Gasteiger partial charge in [0.05, 0.1) is 23.0 Å². The molecule has 5 nitrogen and oxygen atoms in total. The Kier molecular flexibility index (Phi) is 4.37. The van der Waals surface area contributed by atoms with Gasteiger partial charge in [-0.15, -0.1) is 0 Å². The molecule has 0 saturated carbocycles. The average molecular weight is 284 g/mol. The minimum absolute atomic E-state index is 0.255. The Morgan fingerprint density at radius 3 is 2.63 bits per heavy atom. The molecule has 0 spiro atoms. The number of benzene rings is 1. The molecule has 1 fully saturated rings. The van der Waals surface area contributed by atoms with Crippen molar-refractivity contribution in [3.8, 4) is 0 Å². The summed E-state index contributed by atoms with van der Waals surface area (Å²) in [5, 5.41) is 0.643. The molecule has 0 aliphatic carbocycles. The molecule has 0 radical (unpaired) electrons. The van der Waals surface area contributed by atoms with Crippen molar-refractivity contribution in [3.05, 3.63) is 23.2 Å². The van der Waals surface area contributed by atoms with Gasteiger partial charge in [-0.1, -0.05) is 17.7 Å². The maximum absolute atomic E-state index is 11.6. The van der Waals surface area contributed by atoms with Crippen LogP contribution in [-0.4, -0.2) is 43.8 Å². The summed E-state index contributed by atoms with van der Waals surface area (Å²) < 4.78 is 4.99. The zero-order chi connectivity index (χ0) is 13.8. The average Bonchev–Trinajstić information content (AvgIpc) is 2.39. The van der Waals surface area contributed by atoms with Gasteiger partial charge in [0.2, 0.25) is 0 Å². The summed E-state index contributed by atoms with van der Waals surface area (Å²) in [5.74, 6) is 0. The fourth-order valence-electron chi connectivity index (χ4n) is 2.19. The SMILES string of the molecule is CCOC(=O)N1CCN(c2c(N)cccc2Cl)CC1. The van der Waals surface area contributed by atoms with Crippen LogP contribution in [0.25, 0.3) is 0 Å². The molecule has 1 heterocycles. The quantitative estimate of drug-likeness (QED) is 0.846. The molecule has 104 valence electrons. The molecular weight excluding hydrogens is 266 g/mol. The third-order valence-corrected chi connectivity index (χ3v) is 3.44. The van der Waals surface area contributed by atoms with Gasteiger partial charge in [-0.05, 0) is 19.1 Å². The molecule has 1 aliphatic heterocycles. The maximum atomic E-state index is 11.6. The molecule has 0 bridgehead atoms. The molecular formula is C13H18ClN3O2. The lowest BCUT2D eigenvalue weighted by Gasteiger charge is -2.36. The number of hydrogen-bond acceptors (Lipinski definition) is 4. The van der Waals surface area contributed by atoms with Crippen molar-refractivity contribution in [2.24, 2.45) is 0 Å². The van der Waals surface area contributed by atoms with Gasteiger partial charge in [0, 0.05) is 26.2 Å². The topological polar surface area (TPSA) is 58.8 Å². The Hall–Kier alpha value is -1.62. The van der Waals surface area contributed by atoms with E-state index in [4.69, 9.17) is 22.1 Å². The van der Waals surface area contributed by atoms with Gasteiger partial charge in [-0.3, -0.25) is 0 Å². The van der Waals surface area contributed by atoms with Crippen molar-refractivity contribution < 1.29 is 9.53 Å². The number of piperazine rings is 1. The zero-order valence-corrected chi connectivity index (χ0v) is 11.7. The van der Waals surface area contributed by atoms with E-state index < -0.39 is 0 Å². The van der Waals surface area contributed by atoms with Crippen molar-refractivity contribution in [2.75, 3.05) is 43.4 Å². The van der Waals surface area contributed by atoms with Gasteiger partial charge in [-0.2, -0.15) is 0 Å². The molecule has 1 aliphatic rings. The van der Waals surface area contributed by atoms with E-state index in [1.165, 1.54) is 0 Å². The van der Waals surface area contributed by atoms with E-state index in [1.807, 2.05) is 18.2 Å². The van der Waals surface area contributed by atoms with Gasteiger partial charge < -0.3 is 20.3 Å². The lowest BCUT2D eigenvalue weighted by molar-refractivity contribution is 0.105. The van der Waals surface area contributed by atoms with Gasteiger partial charge in [-0.25, -0.2) is 4.79 Å². The lowest BCUT2D eigenvalue weighted by Crippen LogP contribution is -2.49. The van der Waals surface area contributed by atoms with Crippen LogP contribution in [0.15, 0.2) is 18.2 Å². The number of nitrogen functional groups attached to an aromatic ring is 1. The van der Waals surface area contributed by atoms with Crippen LogP contribution in [0.1, 0.15) is 6.92 Å². The number of carbonyl (C=O) groups excluding carboxylic acids is 1. The first-order chi connectivity index (χ1) is 9.13. The summed E-state index contributed by atoms with van der Waals surface area (Å²) in [7, 11) is 0. The highest BCUT2D eigenvalue weighted by molar-refractivity contribution is 6.34. The number of nitrogens with two attached hydrogens (primary N) is 1. The first-order valence-electron chi connectivity index (χ1n) is 6.34. The summed E-state index contributed by atoms with van der Waals surface area (Å²) in [4.78, 5) is 15.4. The second kappa shape index (κ2) is 6.02. The zero-order valence-electron chi connectivity index (χ0n) is 10.9. The summed E-state index contributed by atoms with van der Waals surface area (Å²) in [6, 6.07) is 5.49. The molecule has 2 rings (SSSR count). The number of halogens is 1. The molecule has 0 unspecified atom stereocenters. The number of para-hydroxylation sites is 1. The monoisotopic (exact) mass is 283 g/mol. The van der Waals surface area contributed by atoms with Crippen LogP contribution in [0.4, 0.5) is 16.2 Å². The van der Waals surface area contributed by atoms with Crippen molar-refractivity contribution in [1.29, 1.82) is 0 Å². The first-order valence-corrected chi connectivity index (χ1v) is 6.72. The van der Waals surface area contributed by atoms with Crippen LogP contribution >= 0.6 is 11.6 Å². The van der Waals surface area contributed by atoms with E-state index in [2.05, 4.69) is 4.90 Å². The van der Waals surface area contributed by atoms with Crippen molar-refractivity contribution in [2.45, 2.75) is 6.92 Å². The smallest absolute Gasteiger partial charge is 0.409 e. The van der Waals surface area contributed by atoms with Gasteiger partial charge >= 0.3 is 6.09 Å². The third-order valence-electron chi connectivity index (χ3n) is 3.14. The predicted molar refractivity (Wildman–Crippen MR) is 76.7 cm³/mol. The highest BCUT2D eigenvalue weighted by Gasteiger charge is 2.24. The summed E-state index contributed by atoms with van der Waals surface area (Å²) in [6.45, 7) is 4.83. The molecule has 19 heavy (non-hydrogen) atoms. The summed E-state index contributed by atoms with van der Waals surface area (Å²) in [6.07, 6.45) is -0.255. The molecule has 2 N–H and O–H groups in total. The van der Waals surface area contributed by atoms with E-state index in [9.17, 15) is 4.79 Å². The van der Waals surface area contributed by atoms with Crippen LogP contribution in [-0.2, 0) is 4.74 Å². The Balaban J connectivity index is 2.02. The van der Waals surface area contributed by atoms with Gasteiger partial charge in [0.1, 0.15) is 0 Å². The second-order valence-corrected chi connectivity index (χ2v) is 4.76. The molecule has 1 aromatic rings. The Morgan fingerprint density at radius 2 is 2.05 bits per heavy atom. The number of rotatable bonds is 2. The van der Waals surface area contributed by atoms with E-state index in [0.29, 0.717) is 43.5 Å². The lowest BCUT2D eigenvalue weighted by atomic mass is 10.2. The normalized spacial score (nSPS) is 15.5. The van der Waals surface area contributed by atoms with Crippen molar-refractivity contribution in [1.82, 2.24) is 4.90 Å².